The second-order valence-electron chi connectivity index (χ2n) is 4.23. The van der Waals surface area contributed by atoms with Gasteiger partial charge in [0.25, 0.3) is 0 Å². The van der Waals surface area contributed by atoms with Gasteiger partial charge in [-0.05, 0) is 19.1 Å². The van der Waals surface area contributed by atoms with Crippen LogP contribution in [0.5, 0.6) is 0 Å². The number of halogens is 2. The lowest BCUT2D eigenvalue weighted by Crippen LogP contribution is -2.42. The fourth-order valence-corrected chi connectivity index (χ4v) is 2.78. The van der Waals surface area contributed by atoms with Gasteiger partial charge in [-0.1, -0.05) is 35.3 Å². The molecule has 19 heavy (non-hydrogen) atoms. The minimum Gasteiger partial charge on any atom is -0.341 e. The first-order valence-electron chi connectivity index (χ1n) is 6.30. The molecule has 1 aromatic carbocycles. The average Bonchev–Trinajstić information content (AvgIpc) is 2.85. The molecule has 0 saturated heterocycles. The predicted octanol–water partition coefficient (Wildman–Crippen LogP) is 3.68. The van der Waals surface area contributed by atoms with Crippen LogP contribution in [0.2, 0.25) is 10.0 Å². The van der Waals surface area contributed by atoms with E-state index in [9.17, 15) is 0 Å². The highest BCUT2D eigenvalue weighted by atomic mass is 35.5. The molecule has 1 aromatic rings. The molecule has 0 N–H and O–H groups in total. The molecule has 102 valence electrons. The fourth-order valence-electron chi connectivity index (χ4n) is 2.18. The second kappa shape index (κ2) is 6.31. The van der Waals surface area contributed by atoms with E-state index >= 15 is 0 Å². The highest BCUT2D eigenvalue weighted by molar-refractivity contribution is 6.40. The molecule has 0 aromatic heterocycles. The molecule has 3 nitrogen and oxygen atoms in total. The molecular weight excluding hydrogens is 281 g/mol. The summed E-state index contributed by atoms with van der Waals surface area (Å²) in [6.07, 6.45) is 1.83. The minimum absolute atomic E-state index is 0.624. The Morgan fingerprint density at radius 3 is 2.68 bits per heavy atom. The van der Waals surface area contributed by atoms with Crippen molar-refractivity contribution in [3.8, 4) is 0 Å². The van der Waals surface area contributed by atoms with Crippen LogP contribution in [-0.2, 0) is 0 Å². The lowest BCUT2D eigenvalue weighted by atomic mass is 10.3. The smallest absolute Gasteiger partial charge is 0.201 e. The lowest BCUT2D eigenvalue weighted by Gasteiger charge is -2.30. The Hall–Kier alpha value is -1.19. The molecule has 0 atom stereocenters. The Labute approximate surface area is 124 Å². The quantitative estimate of drug-likeness (QED) is 0.790. The monoisotopic (exact) mass is 297 g/mol. The van der Waals surface area contributed by atoms with Gasteiger partial charge in [0, 0.05) is 19.6 Å². The number of hydrogen-bond donors (Lipinski definition) is 0. The molecule has 1 heterocycles. The van der Waals surface area contributed by atoms with E-state index in [1.165, 1.54) is 0 Å². The zero-order valence-electron chi connectivity index (χ0n) is 10.9. The van der Waals surface area contributed by atoms with E-state index < -0.39 is 0 Å². The summed E-state index contributed by atoms with van der Waals surface area (Å²) in [5, 5.41) is 1.25. The first-order valence-corrected chi connectivity index (χ1v) is 7.06. The number of aliphatic imine (C=N–C) groups is 1. The van der Waals surface area contributed by atoms with E-state index in [-0.39, 0.29) is 0 Å². The number of hydrogen-bond acceptors (Lipinski definition) is 3. The van der Waals surface area contributed by atoms with Gasteiger partial charge in [0.1, 0.15) is 0 Å². The molecule has 1 aliphatic heterocycles. The van der Waals surface area contributed by atoms with Crippen LogP contribution >= 0.6 is 23.2 Å². The number of para-hydroxylation sites is 1. The van der Waals surface area contributed by atoms with E-state index in [2.05, 4.69) is 23.4 Å². The summed E-state index contributed by atoms with van der Waals surface area (Å²) in [4.78, 5) is 8.80. The maximum Gasteiger partial charge on any atom is 0.201 e. The summed E-state index contributed by atoms with van der Waals surface area (Å²) < 4.78 is 0. The Balaban J connectivity index is 2.43. The zero-order valence-corrected chi connectivity index (χ0v) is 12.5. The molecule has 0 saturated carbocycles. The molecular formula is C14H17Cl2N3. The number of likely N-dealkylation sites (N-methyl/N-ethyl adjacent to an activating group) is 1. The summed E-state index contributed by atoms with van der Waals surface area (Å²) in [7, 11) is 0. The van der Waals surface area contributed by atoms with Crippen molar-refractivity contribution in [3.05, 3.63) is 40.9 Å². The van der Waals surface area contributed by atoms with Crippen LogP contribution in [0.15, 0.2) is 35.8 Å². The van der Waals surface area contributed by atoms with E-state index in [0.717, 1.165) is 31.3 Å². The van der Waals surface area contributed by atoms with Crippen molar-refractivity contribution >= 4 is 34.8 Å². The van der Waals surface area contributed by atoms with Crippen LogP contribution in [0.4, 0.5) is 5.69 Å². The number of guanidine groups is 1. The molecule has 0 bridgehead atoms. The lowest BCUT2D eigenvalue weighted by molar-refractivity contribution is 0.475. The van der Waals surface area contributed by atoms with Gasteiger partial charge in [0.05, 0.1) is 22.3 Å². The largest absolute Gasteiger partial charge is 0.341 e. The van der Waals surface area contributed by atoms with Gasteiger partial charge in [-0.25, -0.2) is 0 Å². The zero-order chi connectivity index (χ0) is 13.8. The topological polar surface area (TPSA) is 18.8 Å². The van der Waals surface area contributed by atoms with Crippen LogP contribution in [0.1, 0.15) is 6.92 Å². The van der Waals surface area contributed by atoms with Gasteiger partial charge in [-0.3, -0.25) is 4.99 Å². The average molecular weight is 298 g/mol. The summed E-state index contributed by atoms with van der Waals surface area (Å²) in [5.41, 5.74) is 0.796. The minimum atomic E-state index is 0.624. The molecule has 0 radical (unpaired) electrons. The van der Waals surface area contributed by atoms with Crippen LogP contribution in [0, 0.1) is 0 Å². The maximum atomic E-state index is 6.30. The van der Waals surface area contributed by atoms with Crippen molar-refractivity contribution in [1.29, 1.82) is 0 Å². The third-order valence-electron chi connectivity index (χ3n) is 3.05. The second-order valence-corrected chi connectivity index (χ2v) is 5.05. The van der Waals surface area contributed by atoms with Gasteiger partial charge in [-0.15, -0.1) is 6.58 Å². The van der Waals surface area contributed by atoms with Gasteiger partial charge in [-0.2, -0.15) is 0 Å². The van der Waals surface area contributed by atoms with Crippen molar-refractivity contribution < 1.29 is 0 Å². The van der Waals surface area contributed by atoms with Crippen molar-refractivity contribution in [1.82, 2.24) is 4.90 Å². The number of benzene rings is 1. The van der Waals surface area contributed by atoms with E-state index in [1.54, 1.807) is 0 Å². The Morgan fingerprint density at radius 1 is 1.42 bits per heavy atom. The number of nitrogens with zero attached hydrogens (tertiary/aromatic N) is 3. The van der Waals surface area contributed by atoms with Gasteiger partial charge < -0.3 is 9.80 Å². The van der Waals surface area contributed by atoms with Crippen molar-refractivity contribution in [2.24, 2.45) is 4.99 Å². The molecule has 5 heteroatoms. The molecule has 0 spiro atoms. The molecule has 2 rings (SSSR count). The molecule has 0 aliphatic carbocycles. The molecule has 0 unspecified atom stereocenters. The summed E-state index contributed by atoms with van der Waals surface area (Å²) in [6.45, 7) is 9.19. The first-order chi connectivity index (χ1) is 9.19. The maximum absolute atomic E-state index is 6.30. The van der Waals surface area contributed by atoms with E-state index in [0.29, 0.717) is 16.6 Å². The normalized spacial score (nSPS) is 14.5. The highest BCUT2D eigenvalue weighted by Crippen LogP contribution is 2.34. The van der Waals surface area contributed by atoms with Gasteiger partial charge in [0.15, 0.2) is 0 Å². The standard InChI is InChI=1S/C14H17Cl2N3/c1-3-9-19(14-17-8-10-18(14)4-2)13-11(15)6-5-7-12(13)16/h3,5-7H,1,4,8-10H2,2H3. The number of anilines is 1. The summed E-state index contributed by atoms with van der Waals surface area (Å²) >= 11 is 12.6. The Morgan fingerprint density at radius 2 is 2.11 bits per heavy atom. The van der Waals surface area contributed by atoms with Crippen molar-refractivity contribution in [3.63, 3.8) is 0 Å². The van der Waals surface area contributed by atoms with Crippen LogP contribution in [0.25, 0.3) is 0 Å². The highest BCUT2D eigenvalue weighted by Gasteiger charge is 2.25. The molecule has 0 fully saturated rings. The summed E-state index contributed by atoms with van der Waals surface area (Å²) in [6, 6.07) is 5.52. The molecule has 0 amide bonds. The summed E-state index contributed by atoms with van der Waals surface area (Å²) in [5.74, 6) is 0.914. The van der Waals surface area contributed by atoms with E-state index in [4.69, 9.17) is 23.2 Å². The SMILES string of the molecule is C=CCN(C1=NCCN1CC)c1c(Cl)cccc1Cl. The molecule has 1 aliphatic rings. The Kier molecular flexibility index (Phi) is 4.72. The van der Waals surface area contributed by atoms with Crippen LogP contribution < -0.4 is 4.90 Å². The third-order valence-corrected chi connectivity index (χ3v) is 3.66. The third kappa shape index (κ3) is 2.88. The van der Waals surface area contributed by atoms with Crippen molar-refractivity contribution in [2.45, 2.75) is 6.92 Å². The van der Waals surface area contributed by atoms with E-state index in [1.807, 2.05) is 29.2 Å². The van der Waals surface area contributed by atoms with Crippen molar-refractivity contribution in [2.75, 3.05) is 31.1 Å². The van der Waals surface area contributed by atoms with Gasteiger partial charge in [0.2, 0.25) is 5.96 Å². The first kappa shape index (κ1) is 14.2. The van der Waals surface area contributed by atoms with Gasteiger partial charge >= 0.3 is 0 Å². The van der Waals surface area contributed by atoms with Crippen LogP contribution in [-0.4, -0.2) is 37.0 Å². The predicted molar refractivity (Wildman–Crippen MR) is 83.6 cm³/mol. The number of rotatable bonds is 4. The fraction of sp³-hybridized carbons (Fsp3) is 0.357. The Bertz CT molecular complexity index is 479. The van der Waals surface area contributed by atoms with Crippen LogP contribution in [0.3, 0.4) is 0 Å².